The lowest BCUT2D eigenvalue weighted by Crippen LogP contribution is -2.35. The number of pyridine rings is 1. The lowest BCUT2D eigenvalue weighted by atomic mass is 10.0. The van der Waals surface area contributed by atoms with Gasteiger partial charge in [0.1, 0.15) is 13.2 Å². The fourth-order valence-electron chi connectivity index (χ4n) is 3.84. The van der Waals surface area contributed by atoms with Crippen LogP contribution in [0.25, 0.3) is 0 Å². The van der Waals surface area contributed by atoms with Crippen LogP contribution in [0.15, 0.2) is 36.5 Å². The molecule has 0 radical (unpaired) electrons. The summed E-state index contributed by atoms with van der Waals surface area (Å²) in [6, 6.07) is 9.99. The Balaban J connectivity index is 1.45. The Hall–Kier alpha value is -2.56. The van der Waals surface area contributed by atoms with Gasteiger partial charge in [-0.15, -0.1) is 0 Å². The number of hydrogen-bond acceptors (Lipinski definition) is 4. The first-order chi connectivity index (χ1) is 12.7. The molecule has 1 saturated heterocycles. The highest BCUT2D eigenvalue weighted by atomic mass is 16.6. The molecule has 1 aromatic heterocycles. The minimum atomic E-state index is 0.0929. The Morgan fingerprint density at radius 3 is 2.88 bits per heavy atom. The molecule has 26 heavy (non-hydrogen) atoms. The molecule has 4 rings (SSSR count). The van der Waals surface area contributed by atoms with Gasteiger partial charge >= 0.3 is 0 Å². The molecule has 2 aromatic rings. The zero-order valence-corrected chi connectivity index (χ0v) is 15.1. The molecule has 0 aliphatic carbocycles. The van der Waals surface area contributed by atoms with Gasteiger partial charge in [0.2, 0.25) is 0 Å². The lowest BCUT2D eigenvalue weighted by Gasteiger charge is -2.26. The molecule has 5 heteroatoms. The zero-order valence-electron chi connectivity index (χ0n) is 15.1. The molecule has 1 aromatic carbocycles. The van der Waals surface area contributed by atoms with Crippen LogP contribution in [-0.4, -0.2) is 41.6 Å². The van der Waals surface area contributed by atoms with Gasteiger partial charge in [0, 0.05) is 30.0 Å². The third kappa shape index (κ3) is 3.52. The number of aromatic nitrogens is 1. The fraction of sp³-hybridized carbons (Fsp3) is 0.429. The molecule has 0 bridgehead atoms. The standard InChI is InChI=1S/C21H24N2O3/c1-15-13-16(8-9-22-15)4-6-18-3-2-10-23(18)21(24)17-5-7-19-20(14-17)26-12-11-25-19/h5,7-9,13-14,18H,2-4,6,10-12H2,1H3/t18-/m1/s1. The van der Waals surface area contributed by atoms with Crippen LogP contribution in [0.2, 0.25) is 0 Å². The summed E-state index contributed by atoms with van der Waals surface area (Å²) in [5, 5.41) is 0. The number of benzene rings is 1. The topological polar surface area (TPSA) is 51.7 Å². The van der Waals surface area contributed by atoms with Crippen LogP contribution in [0.1, 0.15) is 40.9 Å². The van der Waals surface area contributed by atoms with Gasteiger partial charge in [-0.3, -0.25) is 9.78 Å². The number of fused-ring (bicyclic) bond motifs is 1. The summed E-state index contributed by atoms with van der Waals surface area (Å²) in [4.78, 5) is 19.3. The molecule has 1 fully saturated rings. The molecule has 0 N–H and O–H groups in total. The van der Waals surface area contributed by atoms with E-state index >= 15 is 0 Å². The van der Waals surface area contributed by atoms with E-state index in [0.29, 0.717) is 30.6 Å². The van der Waals surface area contributed by atoms with Gasteiger partial charge in [-0.1, -0.05) is 0 Å². The summed E-state index contributed by atoms with van der Waals surface area (Å²) in [5.41, 5.74) is 3.01. The minimum Gasteiger partial charge on any atom is -0.486 e. The summed E-state index contributed by atoms with van der Waals surface area (Å²) in [6.07, 6.45) is 5.95. The Morgan fingerprint density at radius 2 is 2.04 bits per heavy atom. The van der Waals surface area contributed by atoms with E-state index < -0.39 is 0 Å². The van der Waals surface area contributed by atoms with Crippen LogP contribution < -0.4 is 9.47 Å². The minimum absolute atomic E-state index is 0.0929. The molecule has 0 unspecified atom stereocenters. The van der Waals surface area contributed by atoms with Gasteiger partial charge in [0.05, 0.1) is 0 Å². The van der Waals surface area contributed by atoms with E-state index in [9.17, 15) is 4.79 Å². The Labute approximate surface area is 153 Å². The number of carbonyl (C=O) groups excluding carboxylic acids is 1. The number of rotatable bonds is 4. The first-order valence-electron chi connectivity index (χ1n) is 9.33. The second-order valence-corrected chi connectivity index (χ2v) is 7.00. The normalized spacial score (nSPS) is 18.8. The number of amides is 1. The molecule has 2 aliphatic rings. The lowest BCUT2D eigenvalue weighted by molar-refractivity contribution is 0.0729. The van der Waals surface area contributed by atoms with E-state index in [1.807, 2.05) is 36.2 Å². The number of ether oxygens (including phenoxy) is 2. The molecular weight excluding hydrogens is 328 g/mol. The number of nitrogens with zero attached hydrogens (tertiary/aromatic N) is 2. The molecule has 1 atom stereocenters. The van der Waals surface area contributed by atoms with E-state index in [2.05, 4.69) is 17.1 Å². The van der Waals surface area contributed by atoms with Crippen LogP contribution in [0, 0.1) is 6.92 Å². The third-order valence-corrected chi connectivity index (χ3v) is 5.15. The van der Waals surface area contributed by atoms with Crippen molar-refractivity contribution >= 4 is 5.91 Å². The maximum absolute atomic E-state index is 13.0. The van der Waals surface area contributed by atoms with Crippen molar-refractivity contribution in [2.45, 2.75) is 38.6 Å². The summed E-state index contributed by atoms with van der Waals surface area (Å²) in [7, 11) is 0. The molecular formula is C21H24N2O3. The highest BCUT2D eigenvalue weighted by molar-refractivity contribution is 5.95. The Bertz CT molecular complexity index is 806. The van der Waals surface area contributed by atoms with Crippen LogP contribution >= 0.6 is 0 Å². The van der Waals surface area contributed by atoms with Crippen molar-refractivity contribution in [3.8, 4) is 11.5 Å². The quantitative estimate of drug-likeness (QED) is 0.846. The number of hydrogen-bond donors (Lipinski definition) is 0. The smallest absolute Gasteiger partial charge is 0.254 e. The molecule has 1 amide bonds. The van der Waals surface area contributed by atoms with E-state index in [-0.39, 0.29) is 5.91 Å². The summed E-state index contributed by atoms with van der Waals surface area (Å²) >= 11 is 0. The predicted molar refractivity (Wildman–Crippen MR) is 98.8 cm³/mol. The van der Waals surface area contributed by atoms with E-state index in [4.69, 9.17) is 9.47 Å². The van der Waals surface area contributed by atoms with Crippen LogP contribution in [0.3, 0.4) is 0 Å². The van der Waals surface area contributed by atoms with Crippen molar-refractivity contribution in [3.05, 3.63) is 53.3 Å². The highest BCUT2D eigenvalue weighted by Crippen LogP contribution is 2.32. The van der Waals surface area contributed by atoms with E-state index in [1.54, 1.807) is 0 Å². The van der Waals surface area contributed by atoms with Crippen molar-refractivity contribution in [1.29, 1.82) is 0 Å². The maximum atomic E-state index is 13.0. The average molecular weight is 352 g/mol. The summed E-state index contributed by atoms with van der Waals surface area (Å²) < 4.78 is 11.2. The van der Waals surface area contributed by atoms with Crippen molar-refractivity contribution in [3.63, 3.8) is 0 Å². The van der Waals surface area contributed by atoms with Crippen LogP contribution in [-0.2, 0) is 6.42 Å². The summed E-state index contributed by atoms with van der Waals surface area (Å²) in [5.74, 6) is 1.49. The SMILES string of the molecule is Cc1cc(CC[C@H]2CCCN2C(=O)c2ccc3c(c2)OCCO3)ccn1. The predicted octanol–water partition coefficient (Wildman–Crippen LogP) is 3.40. The van der Waals surface area contributed by atoms with Crippen molar-refractivity contribution in [1.82, 2.24) is 9.88 Å². The summed E-state index contributed by atoms with van der Waals surface area (Å²) in [6.45, 7) is 3.93. The van der Waals surface area contributed by atoms with Gasteiger partial charge in [-0.25, -0.2) is 0 Å². The van der Waals surface area contributed by atoms with Gasteiger partial charge in [-0.2, -0.15) is 0 Å². The van der Waals surface area contributed by atoms with Gasteiger partial charge in [0.15, 0.2) is 11.5 Å². The van der Waals surface area contributed by atoms with Gasteiger partial charge in [0.25, 0.3) is 5.91 Å². The largest absolute Gasteiger partial charge is 0.486 e. The second-order valence-electron chi connectivity index (χ2n) is 7.00. The van der Waals surface area contributed by atoms with Crippen LogP contribution in [0.5, 0.6) is 11.5 Å². The fourth-order valence-corrected chi connectivity index (χ4v) is 3.84. The van der Waals surface area contributed by atoms with Gasteiger partial charge in [-0.05, 0) is 68.5 Å². The number of likely N-dealkylation sites (tertiary alicyclic amines) is 1. The Kier molecular flexibility index (Phi) is 4.78. The van der Waals surface area contributed by atoms with E-state index in [1.165, 1.54) is 5.56 Å². The van der Waals surface area contributed by atoms with Crippen molar-refractivity contribution in [2.24, 2.45) is 0 Å². The Morgan fingerprint density at radius 1 is 1.19 bits per heavy atom. The van der Waals surface area contributed by atoms with Crippen LogP contribution in [0.4, 0.5) is 0 Å². The third-order valence-electron chi connectivity index (χ3n) is 5.15. The molecule has 0 spiro atoms. The number of aryl methyl sites for hydroxylation is 2. The molecule has 3 heterocycles. The number of carbonyl (C=O) groups is 1. The average Bonchev–Trinajstić information content (AvgIpc) is 3.14. The van der Waals surface area contributed by atoms with E-state index in [0.717, 1.165) is 43.7 Å². The maximum Gasteiger partial charge on any atom is 0.254 e. The van der Waals surface area contributed by atoms with Crippen molar-refractivity contribution in [2.75, 3.05) is 19.8 Å². The molecule has 2 aliphatic heterocycles. The molecule has 136 valence electrons. The zero-order chi connectivity index (χ0) is 17.9. The highest BCUT2D eigenvalue weighted by Gasteiger charge is 2.29. The van der Waals surface area contributed by atoms with Gasteiger partial charge < -0.3 is 14.4 Å². The first kappa shape index (κ1) is 16.9. The molecule has 0 saturated carbocycles. The monoisotopic (exact) mass is 352 g/mol. The molecule has 5 nitrogen and oxygen atoms in total. The van der Waals surface area contributed by atoms with Crippen molar-refractivity contribution < 1.29 is 14.3 Å². The first-order valence-corrected chi connectivity index (χ1v) is 9.33. The second kappa shape index (κ2) is 7.36.